The van der Waals surface area contributed by atoms with Gasteiger partial charge in [0.15, 0.2) is 5.82 Å². The summed E-state index contributed by atoms with van der Waals surface area (Å²) in [5.74, 6) is 0.517. The Morgan fingerprint density at radius 1 is 1.15 bits per heavy atom. The van der Waals surface area contributed by atoms with Gasteiger partial charge >= 0.3 is 0 Å². The summed E-state index contributed by atoms with van der Waals surface area (Å²) < 4.78 is 18.5. The minimum absolute atomic E-state index is 0.0725. The molecule has 0 saturated carbocycles. The number of hydrogen-bond acceptors (Lipinski definition) is 7. The fraction of sp³-hybridized carbons (Fsp3) is 0.400. The molecule has 11 heteroatoms. The Balaban J connectivity index is 1.53. The van der Waals surface area contributed by atoms with Gasteiger partial charge in [0.25, 0.3) is 0 Å². The summed E-state index contributed by atoms with van der Waals surface area (Å²) in [6, 6.07) is 7.68. The highest BCUT2D eigenvalue weighted by Gasteiger charge is 2.36. The average molecular weight is 577 g/mol. The van der Waals surface area contributed by atoms with Gasteiger partial charge < -0.3 is 19.6 Å². The first-order valence-corrected chi connectivity index (χ1v) is 14.2. The third kappa shape index (κ3) is 4.49. The van der Waals surface area contributed by atoms with Crippen LogP contribution in [-0.2, 0) is 11.8 Å². The van der Waals surface area contributed by atoms with Crippen molar-refractivity contribution in [3.05, 3.63) is 54.0 Å². The summed E-state index contributed by atoms with van der Waals surface area (Å²) in [5.41, 5.74) is 1.97. The molecule has 6 rings (SSSR count). The SMILES string of the molecule is C=CC(=O)N1C[C@H](C)N(c2nc(N3CC(N(C)C)C3)nc3c(F)c(-c4cccc5cnn(C)c45)c(Cl)cc23)C[C@H]1C. The van der Waals surface area contributed by atoms with E-state index < -0.39 is 5.82 Å². The number of benzene rings is 2. The molecule has 2 atom stereocenters. The monoisotopic (exact) mass is 576 g/mol. The first kappa shape index (κ1) is 27.4. The summed E-state index contributed by atoms with van der Waals surface area (Å²) in [5, 5.41) is 6.09. The van der Waals surface area contributed by atoms with E-state index >= 15 is 4.39 Å². The van der Waals surface area contributed by atoms with Crippen LogP contribution < -0.4 is 9.80 Å². The number of piperazine rings is 1. The molecule has 2 fully saturated rings. The molecular weight excluding hydrogens is 543 g/mol. The standard InChI is InChI=1S/C30H34ClFN8O/c1-7-24(41)39-13-18(3)40(14-17(39)2)29-22-11-23(31)25(21-10-8-9-19-12-33-37(6)28(19)21)26(32)27(22)34-30(35-29)38-15-20(16-38)36(4)5/h7-12,17-18,20H,1,13-16H2,2-6H3/t17-,18+/m1/s1. The largest absolute Gasteiger partial charge is 0.349 e. The minimum atomic E-state index is -0.489. The average Bonchev–Trinajstić information content (AvgIpc) is 3.29. The van der Waals surface area contributed by atoms with Gasteiger partial charge in [0, 0.05) is 73.3 Å². The molecule has 2 aromatic heterocycles. The molecule has 4 aromatic rings. The molecule has 0 N–H and O–H groups in total. The minimum Gasteiger partial charge on any atom is -0.349 e. The van der Waals surface area contributed by atoms with Crippen LogP contribution in [0.4, 0.5) is 16.2 Å². The highest BCUT2D eigenvalue weighted by molar-refractivity contribution is 6.35. The van der Waals surface area contributed by atoms with Crippen molar-refractivity contribution >= 4 is 51.1 Å². The Kier molecular flexibility index (Phi) is 6.86. The lowest BCUT2D eigenvalue weighted by Gasteiger charge is -2.45. The van der Waals surface area contributed by atoms with Crippen LogP contribution in [0.5, 0.6) is 0 Å². The van der Waals surface area contributed by atoms with Gasteiger partial charge in [-0.25, -0.2) is 9.37 Å². The first-order chi connectivity index (χ1) is 19.6. The van der Waals surface area contributed by atoms with E-state index in [-0.39, 0.29) is 28.5 Å². The molecular formula is C30H34ClFN8O. The number of rotatable bonds is 5. The van der Waals surface area contributed by atoms with Gasteiger partial charge in [0.1, 0.15) is 11.3 Å². The smallest absolute Gasteiger partial charge is 0.246 e. The van der Waals surface area contributed by atoms with Crippen molar-refractivity contribution in [1.82, 2.24) is 29.5 Å². The molecule has 214 valence electrons. The molecule has 2 saturated heterocycles. The first-order valence-electron chi connectivity index (χ1n) is 13.8. The van der Waals surface area contributed by atoms with Crippen LogP contribution >= 0.6 is 11.6 Å². The van der Waals surface area contributed by atoms with Crippen molar-refractivity contribution in [2.24, 2.45) is 7.05 Å². The molecule has 41 heavy (non-hydrogen) atoms. The van der Waals surface area contributed by atoms with E-state index in [1.807, 2.05) is 44.0 Å². The third-order valence-corrected chi connectivity index (χ3v) is 8.77. The lowest BCUT2D eigenvalue weighted by atomic mass is 9.99. The van der Waals surface area contributed by atoms with E-state index in [1.54, 1.807) is 16.9 Å². The van der Waals surface area contributed by atoms with Crippen molar-refractivity contribution in [2.75, 3.05) is 50.1 Å². The molecule has 9 nitrogen and oxygen atoms in total. The van der Waals surface area contributed by atoms with Gasteiger partial charge in [-0.3, -0.25) is 9.48 Å². The molecule has 1 amide bonds. The molecule has 0 radical (unpaired) electrons. The number of likely N-dealkylation sites (N-methyl/N-ethyl adjacent to an activating group) is 1. The summed E-state index contributed by atoms with van der Waals surface area (Å²) in [4.78, 5) is 30.5. The Labute approximate surface area is 243 Å². The predicted molar refractivity (Wildman–Crippen MR) is 162 cm³/mol. The number of carbonyl (C=O) groups excluding carboxylic acids is 1. The highest BCUT2D eigenvalue weighted by Crippen LogP contribution is 2.42. The fourth-order valence-electron chi connectivity index (χ4n) is 6.00. The second kappa shape index (κ2) is 10.3. The van der Waals surface area contributed by atoms with Crippen molar-refractivity contribution in [3.63, 3.8) is 0 Å². The van der Waals surface area contributed by atoms with Crippen LogP contribution in [0.25, 0.3) is 32.9 Å². The van der Waals surface area contributed by atoms with Gasteiger partial charge in [-0.2, -0.15) is 10.1 Å². The number of halogens is 2. The molecule has 0 unspecified atom stereocenters. The number of anilines is 2. The summed E-state index contributed by atoms with van der Waals surface area (Å²) in [7, 11) is 5.94. The van der Waals surface area contributed by atoms with Crippen LogP contribution in [0.15, 0.2) is 43.1 Å². The molecule has 0 aliphatic carbocycles. The van der Waals surface area contributed by atoms with E-state index in [9.17, 15) is 4.79 Å². The second-order valence-corrected chi connectivity index (χ2v) is 11.8. The maximum Gasteiger partial charge on any atom is 0.246 e. The van der Waals surface area contributed by atoms with Crippen molar-refractivity contribution in [1.29, 1.82) is 0 Å². The fourth-order valence-corrected chi connectivity index (χ4v) is 6.30. The van der Waals surface area contributed by atoms with E-state index in [1.165, 1.54) is 6.08 Å². The van der Waals surface area contributed by atoms with Gasteiger partial charge in [0.05, 0.1) is 16.7 Å². The normalized spacial score (nSPS) is 19.9. The van der Waals surface area contributed by atoms with Gasteiger partial charge in [-0.1, -0.05) is 36.4 Å². The van der Waals surface area contributed by atoms with E-state index in [0.717, 1.165) is 24.0 Å². The van der Waals surface area contributed by atoms with Gasteiger partial charge in [-0.05, 0) is 40.1 Å². The maximum atomic E-state index is 16.8. The predicted octanol–water partition coefficient (Wildman–Crippen LogP) is 4.34. The van der Waals surface area contributed by atoms with E-state index in [4.69, 9.17) is 21.6 Å². The summed E-state index contributed by atoms with van der Waals surface area (Å²) in [6.07, 6.45) is 3.11. The lowest BCUT2D eigenvalue weighted by Crippen LogP contribution is -2.59. The molecule has 2 aliphatic rings. The third-order valence-electron chi connectivity index (χ3n) is 8.47. The van der Waals surface area contributed by atoms with Gasteiger partial charge in [-0.15, -0.1) is 0 Å². The Bertz CT molecular complexity index is 1680. The number of para-hydroxylation sites is 1. The summed E-state index contributed by atoms with van der Waals surface area (Å²) >= 11 is 6.89. The maximum absolute atomic E-state index is 16.8. The summed E-state index contributed by atoms with van der Waals surface area (Å²) in [6.45, 7) is 10.2. The molecule has 4 heterocycles. The van der Waals surface area contributed by atoms with E-state index in [2.05, 4.69) is 40.5 Å². The zero-order chi connectivity index (χ0) is 29.2. The van der Waals surface area contributed by atoms with Crippen molar-refractivity contribution < 1.29 is 9.18 Å². The van der Waals surface area contributed by atoms with Crippen LogP contribution in [0.3, 0.4) is 0 Å². The lowest BCUT2D eigenvalue weighted by molar-refractivity contribution is -0.128. The molecule has 0 bridgehead atoms. The number of aryl methyl sites for hydroxylation is 1. The van der Waals surface area contributed by atoms with Gasteiger partial charge in [0.2, 0.25) is 11.9 Å². The quantitative estimate of drug-likeness (QED) is 0.327. The zero-order valence-corrected chi connectivity index (χ0v) is 24.7. The topological polar surface area (TPSA) is 73.6 Å². The number of aromatic nitrogens is 4. The molecule has 2 aromatic carbocycles. The number of nitrogens with zero attached hydrogens (tertiary/aromatic N) is 8. The van der Waals surface area contributed by atoms with Crippen molar-refractivity contribution in [3.8, 4) is 11.1 Å². The second-order valence-electron chi connectivity index (χ2n) is 11.4. The number of hydrogen-bond donors (Lipinski definition) is 0. The Morgan fingerprint density at radius 2 is 1.90 bits per heavy atom. The van der Waals surface area contributed by atoms with Crippen LogP contribution in [0.1, 0.15) is 13.8 Å². The molecule has 2 aliphatic heterocycles. The van der Waals surface area contributed by atoms with Crippen LogP contribution in [0, 0.1) is 5.82 Å². The zero-order valence-electron chi connectivity index (χ0n) is 24.0. The highest BCUT2D eigenvalue weighted by atomic mass is 35.5. The van der Waals surface area contributed by atoms with Crippen LogP contribution in [0.2, 0.25) is 5.02 Å². The van der Waals surface area contributed by atoms with Crippen LogP contribution in [-0.4, -0.2) is 93.9 Å². The molecule has 0 spiro atoms. The Morgan fingerprint density at radius 3 is 2.61 bits per heavy atom. The Hall–Kier alpha value is -3.76. The van der Waals surface area contributed by atoms with Crippen molar-refractivity contribution in [2.45, 2.75) is 32.0 Å². The van der Waals surface area contributed by atoms with E-state index in [0.29, 0.717) is 47.4 Å². The number of amides is 1. The number of carbonyl (C=O) groups is 1. The number of fused-ring (bicyclic) bond motifs is 2.